The van der Waals surface area contributed by atoms with E-state index in [1.807, 2.05) is 36.8 Å². The average Bonchev–Trinajstić information content (AvgIpc) is 3.22. The second-order valence-corrected chi connectivity index (χ2v) is 8.49. The van der Waals surface area contributed by atoms with E-state index in [2.05, 4.69) is 80.4 Å². The van der Waals surface area contributed by atoms with Gasteiger partial charge in [0.15, 0.2) is 0 Å². The van der Waals surface area contributed by atoms with Gasteiger partial charge in [-0.3, -0.25) is 0 Å². The Bertz CT molecular complexity index is 1240. The molecule has 1 unspecified atom stereocenters. The molecule has 33 heavy (non-hydrogen) atoms. The third-order valence-corrected chi connectivity index (χ3v) is 6.37. The molecule has 0 radical (unpaired) electrons. The van der Waals surface area contributed by atoms with Gasteiger partial charge in [0.1, 0.15) is 0 Å². The predicted octanol–water partition coefficient (Wildman–Crippen LogP) is 4.70. The number of para-hydroxylation sites is 1. The number of imidazole rings is 1. The van der Waals surface area contributed by atoms with Crippen LogP contribution in [-0.4, -0.2) is 22.6 Å². The van der Waals surface area contributed by atoms with Crippen molar-refractivity contribution in [1.29, 1.82) is 5.26 Å². The summed E-state index contributed by atoms with van der Waals surface area (Å²) < 4.78 is 2.17. The fraction of sp³-hybridized carbons (Fsp3) is 0.214. The molecule has 1 aliphatic heterocycles. The maximum Gasteiger partial charge on any atom is 0.0991 e. The van der Waals surface area contributed by atoms with Crippen LogP contribution in [0.1, 0.15) is 34.0 Å². The van der Waals surface area contributed by atoms with Crippen molar-refractivity contribution in [1.82, 2.24) is 14.9 Å². The molecule has 1 atom stereocenters. The second kappa shape index (κ2) is 9.72. The van der Waals surface area contributed by atoms with Gasteiger partial charge in [-0.25, -0.2) is 4.98 Å². The molecule has 1 N–H and O–H groups in total. The third kappa shape index (κ3) is 4.82. The van der Waals surface area contributed by atoms with E-state index >= 15 is 0 Å². The maximum absolute atomic E-state index is 9.03. The van der Waals surface area contributed by atoms with Gasteiger partial charge in [0.25, 0.3) is 0 Å². The normalized spacial score (nSPS) is 15.5. The van der Waals surface area contributed by atoms with Crippen LogP contribution in [0.3, 0.4) is 0 Å². The first-order valence-corrected chi connectivity index (χ1v) is 11.4. The van der Waals surface area contributed by atoms with Crippen molar-refractivity contribution < 1.29 is 0 Å². The summed E-state index contributed by atoms with van der Waals surface area (Å²) in [6.45, 7) is 3.40. The van der Waals surface area contributed by atoms with Gasteiger partial charge in [0.05, 0.1) is 29.7 Å². The van der Waals surface area contributed by atoms with Crippen LogP contribution in [0.15, 0.2) is 91.4 Å². The highest BCUT2D eigenvalue weighted by Crippen LogP contribution is 2.27. The number of nitriles is 1. The number of hydrogen-bond donors (Lipinski definition) is 1. The monoisotopic (exact) mass is 433 g/mol. The Balaban J connectivity index is 1.33. The zero-order valence-electron chi connectivity index (χ0n) is 18.6. The fourth-order valence-corrected chi connectivity index (χ4v) is 4.56. The summed E-state index contributed by atoms with van der Waals surface area (Å²) in [5, 5.41) is 12.8. The van der Waals surface area contributed by atoms with Crippen LogP contribution in [0.25, 0.3) is 0 Å². The summed E-state index contributed by atoms with van der Waals surface area (Å²) in [7, 11) is 0. The maximum atomic E-state index is 9.03. The lowest BCUT2D eigenvalue weighted by molar-refractivity contribution is 0.516. The van der Waals surface area contributed by atoms with Crippen LogP contribution in [0, 0.1) is 11.3 Å². The topological polar surface area (TPSA) is 56.9 Å². The van der Waals surface area contributed by atoms with Gasteiger partial charge in [-0.05, 0) is 47.4 Å². The Morgan fingerprint density at radius 1 is 0.970 bits per heavy atom. The molecule has 0 fully saturated rings. The van der Waals surface area contributed by atoms with Crippen molar-refractivity contribution in [3.05, 3.63) is 119 Å². The van der Waals surface area contributed by atoms with Crippen LogP contribution in [0.5, 0.6) is 0 Å². The minimum atomic E-state index is 0.224. The van der Waals surface area contributed by atoms with E-state index in [0.717, 1.165) is 43.9 Å². The quantitative estimate of drug-likeness (QED) is 0.479. The summed E-state index contributed by atoms with van der Waals surface area (Å²) >= 11 is 0. The fourth-order valence-electron chi connectivity index (χ4n) is 4.56. The number of benzene rings is 3. The van der Waals surface area contributed by atoms with Crippen molar-refractivity contribution in [3.8, 4) is 6.07 Å². The first-order chi connectivity index (χ1) is 16.3. The summed E-state index contributed by atoms with van der Waals surface area (Å²) in [6.07, 6.45) is 4.86. The minimum absolute atomic E-state index is 0.224. The molecule has 5 rings (SSSR count). The smallest absolute Gasteiger partial charge is 0.0991 e. The van der Waals surface area contributed by atoms with Crippen LogP contribution in [-0.2, 0) is 19.5 Å². The minimum Gasteiger partial charge on any atom is -0.369 e. The molecule has 1 aromatic heterocycles. The lowest BCUT2D eigenvalue weighted by atomic mass is 9.99. The Morgan fingerprint density at radius 3 is 2.58 bits per heavy atom. The first-order valence-electron chi connectivity index (χ1n) is 11.4. The highest BCUT2D eigenvalue weighted by molar-refractivity contribution is 5.48. The van der Waals surface area contributed by atoms with Gasteiger partial charge in [0.2, 0.25) is 0 Å². The highest BCUT2D eigenvalue weighted by atomic mass is 15.2. The number of nitrogens with zero attached hydrogens (tertiary/aromatic N) is 4. The van der Waals surface area contributed by atoms with E-state index < -0.39 is 0 Å². The SMILES string of the molecule is N#Cc1ccc(Cn2cncc2CNC2CN(c3ccccc3)CCc3ccccc32)cc1. The predicted molar refractivity (Wildman–Crippen MR) is 131 cm³/mol. The number of rotatable bonds is 6. The molecular weight excluding hydrogens is 406 g/mol. The van der Waals surface area contributed by atoms with E-state index in [0.29, 0.717) is 5.56 Å². The highest BCUT2D eigenvalue weighted by Gasteiger charge is 2.23. The molecule has 0 saturated carbocycles. The van der Waals surface area contributed by atoms with Gasteiger partial charge < -0.3 is 14.8 Å². The molecule has 0 amide bonds. The number of hydrogen-bond acceptors (Lipinski definition) is 4. The molecule has 164 valence electrons. The summed E-state index contributed by atoms with van der Waals surface area (Å²) in [4.78, 5) is 6.88. The Hall–Kier alpha value is -3.88. The van der Waals surface area contributed by atoms with Gasteiger partial charge in [-0.1, -0.05) is 54.6 Å². The number of aromatic nitrogens is 2. The lowest BCUT2D eigenvalue weighted by Gasteiger charge is -2.28. The Labute approximate surface area is 194 Å². The Kier molecular flexibility index (Phi) is 6.19. The standard InChI is InChI=1S/C28H27N5/c29-16-22-10-12-23(13-11-22)19-33-21-30-17-26(33)18-31-28-20-32(25-7-2-1-3-8-25)15-14-24-6-4-5-9-27(24)28/h1-13,17,21,28,31H,14-15,18-20H2. The first kappa shape index (κ1) is 21.0. The van der Waals surface area contributed by atoms with E-state index in [4.69, 9.17) is 5.26 Å². The molecule has 4 aromatic rings. The lowest BCUT2D eigenvalue weighted by Crippen LogP contribution is -2.34. The van der Waals surface area contributed by atoms with Crippen LogP contribution >= 0.6 is 0 Å². The van der Waals surface area contributed by atoms with Crippen LogP contribution < -0.4 is 10.2 Å². The van der Waals surface area contributed by atoms with Crippen molar-refractivity contribution >= 4 is 5.69 Å². The van der Waals surface area contributed by atoms with Crippen molar-refractivity contribution in [2.24, 2.45) is 0 Å². The zero-order valence-corrected chi connectivity index (χ0v) is 18.6. The summed E-state index contributed by atoms with van der Waals surface area (Å²) in [5.41, 5.74) is 7.05. The number of fused-ring (bicyclic) bond motifs is 1. The van der Waals surface area contributed by atoms with Crippen molar-refractivity contribution in [2.75, 3.05) is 18.0 Å². The average molecular weight is 434 g/mol. The van der Waals surface area contributed by atoms with Gasteiger partial charge in [-0.15, -0.1) is 0 Å². The van der Waals surface area contributed by atoms with Gasteiger partial charge in [-0.2, -0.15) is 5.26 Å². The Morgan fingerprint density at radius 2 is 1.76 bits per heavy atom. The third-order valence-electron chi connectivity index (χ3n) is 6.37. The van der Waals surface area contributed by atoms with E-state index in [-0.39, 0.29) is 6.04 Å². The molecule has 2 heterocycles. The molecule has 3 aromatic carbocycles. The van der Waals surface area contributed by atoms with E-state index in [1.165, 1.54) is 16.8 Å². The molecular formula is C28H27N5. The molecule has 0 bridgehead atoms. The van der Waals surface area contributed by atoms with Gasteiger partial charge in [0, 0.05) is 38.1 Å². The van der Waals surface area contributed by atoms with Crippen LogP contribution in [0.4, 0.5) is 5.69 Å². The molecule has 5 heteroatoms. The van der Waals surface area contributed by atoms with Crippen LogP contribution in [0.2, 0.25) is 0 Å². The largest absolute Gasteiger partial charge is 0.369 e. The van der Waals surface area contributed by atoms with Gasteiger partial charge >= 0.3 is 0 Å². The summed E-state index contributed by atoms with van der Waals surface area (Å²) in [6, 6.07) is 29.6. The number of anilines is 1. The van der Waals surface area contributed by atoms with Crippen molar-refractivity contribution in [2.45, 2.75) is 25.6 Å². The number of nitrogens with one attached hydrogen (secondary N) is 1. The molecule has 1 aliphatic rings. The zero-order chi connectivity index (χ0) is 22.5. The molecule has 0 spiro atoms. The van der Waals surface area contributed by atoms with Crippen molar-refractivity contribution in [3.63, 3.8) is 0 Å². The molecule has 0 aliphatic carbocycles. The second-order valence-electron chi connectivity index (χ2n) is 8.49. The van der Waals surface area contributed by atoms with E-state index in [9.17, 15) is 0 Å². The van der Waals surface area contributed by atoms with E-state index in [1.54, 1.807) is 0 Å². The molecule has 0 saturated heterocycles. The molecule has 5 nitrogen and oxygen atoms in total. The summed E-state index contributed by atoms with van der Waals surface area (Å²) in [5.74, 6) is 0.